The average molecular weight is 288 g/mol. The van der Waals surface area contributed by atoms with E-state index in [1.807, 2.05) is 11.0 Å². The Morgan fingerprint density at radius 3 is 2.62 bits per heavy atom. The molecule has 0 saturated heterocycles. The molecule has 3 rings (SSSR count). The van der Waals surface area contributed by atoms with Crippen molar-refractivity contribution in [1.82, 2.24) is 4.90 Å². The van der Waals surface area contributed by atoms with Gasteiger partial charge in [-0.25, -0.2) is 4.79 Å². The second kappa shape index (κ2) is 5.58. The number of hydrogen-bond acceptors (Lipinski definition) is 2. The zero-order valence-corrected chi connectivity index (χ0v) is 13.1. The number of anilines is 1. The number of nitrogens with zero attached hydrogens (tertiary/aromatic N) is 1. The maximum atomic E-state index is 12.5. The van der Waals surface area contributed by atoms with E-state index in [0.29, 0.717) is 12.6 Å². The molecule has 2 amide bonds. The zero-order valence-electron chi connectivity index (χ0n) is 13.1. The van der Waals surface area contributed by atoms with Crippen molar-refractivity contribution in [3.63, 3.8) is 0 Å². The summed E-state index contributed by atoms with van der Waals surface area (Å²) in [5.74, 6) is 1.55. The number of amides is 2. The van der Waals surface area contributed by atoms with Gasteiger partial charge in [0, 0.05) is 11.6 Å². The molecule has 1 aliphatic heterocycles. The van der Waals surface area contributed by atoms with Crippen LogP contribution in [0.25, 0.3) is 0 Å². The lowest BCUT2D eigenvalue weighted by Crippen LogP contribution is -2.46. The van der Waals surface area contributed by atoms with Gasteiger partial charge >= 0.3 is 6.03 Å². The van der Waals surface area contributed by atoms with Crippen molar-refractivity contribution in [2.24, 2.45) is 5.92 Å². The Bertz CT molecular complexity index is 548. The summed E-state index contributed by atoms with van der Waals surface area (Å²) in [5.41, 5.74) is 3.25. The molecule has 1 fully saturated rings. The average Bonchev–Trinajstić information content (AvgIpc) is 2.48. The normalized spacial score (nSPS) is 25.3. The van der Waals surface area contributed by atoms with E-state index in [9.17, 15) is 4.79 Å². The van der Waals surface area contributed by atoms with Crippen molar-refractivity contribution < 1.29 is 9.53 Å². The Morgan fingerprint density at radius 1 is 1.24 bits per heavy atom. The van der Waals surface area contributed by atoms with Crippen LogP contribution in [-0.2, 0) is 6.54 Å². The summed E-state index contributed by atoms with van der Waals surface area (Å²) in [6.07, 6.45) is 4.68. The first-order chi connectivity index (χ1) is 10.1. The van der Waals surface area contributed by atoms with Crippen LogP contribution in [0.5, 0.6) is 5.75 Å². The van der Waals surface area contributed by atoms with Gasteiger partial charge in [0.2, 0.25) is 0 Å². The number of nitrogens with one attached hydrogen (secondary N) is 1. The van der Waals surface area contributed by atoms with Crippen LogP contribution in [0.2, 0.25) is 0 Å². The predicted molar refractivity (Wildman–Crippen MR) is 83.7 cm³/mol. The zero-order chi connectivity index (χ0) is 15.0. The van der Waals surface area contributed by atoms with Crippen molar-refractivity contribution in [2.75, 3.05) is 12.4 Å². The fourth-order valence-corrected chi connectivity index (χ4v) is 3.51. The summed E-state index contributed by atoms with van der Waals surface area (Å²) in [4.78, 5) is 14.5. The Labute approximate surface area is 126 Å². The van der Waals surface area contributed by atoms with Crippen LogP contribution in [0.15, 0.2) is 12.1 Å². The van der Waals surface area contributed by atoms with Crippen LogP contribution >= 0.6 is 0 Å². The number of rotatable bonds is 2. The van der Waals surface area contributed by atoms with E-state index < -0.39 is 0 Å². The molecule has 1 N–H and O–H groups in total. The van der Waals surface area contributed by atoms with Gasteiger partial charge in [0.15, 0.2) is 0 Å². The number of benzene rings is 1. The molecule has 1 aromatic carbocycles. The van der Waals surface area contributed by atoms with Gasteiger partial charge < -0.3 is 15.0 Å². The molecule has 4 heteroatoms. The highest BCUT2D eigenvalue weighted by Gasteiger charge is 2.32. The minimum atomic E-state index is 0.0194. The maximum absolute atomic E-state index is 12.5. The van der Waals surface area contributed by atoms with Crippen molar-refractivity contribution in [2.45, 2.75) is 52.1 Å². The van der Waals surface area contributed by atoms with Gasteiger partial charge in [-0.15, -0.1) is 0 Å². The molecule has 0 radical (unpaired) electrons. The summed E-state index contributed by atoms with van der Waals surface area (Å²) in [6, 6.07) is 4.38. The Kier molecular flexibility index (Phi) is 3.79. The van der Waals surface area contributed by atoms with Crippen LogP contribution < -0.4 is 10.1 Å². The van der Waals surface area contributed by atoms with Gasteiger partial charge in [-0.1, -0.05) is 13.0 Å². The number of fused-ring (bicyclic) bond motifs is 1. The Hall–Kier alpha value is -1.71. The van der Waals surface area contributed by atoms with Gasteiger partial charge in [-0.05, 0) is 50.2 Å². The van der Waals surface area contributed by atoms with Crippen molar-refractivity contribution in [3.05, 3.63) is 23.3 Å². The topological polar surface area (TPSA) is 41.6 Å². The molecule has 1 saturated carbocycles. The third-order valence-corrected chi connectivity index (χ3v) is 4.98. The number of ether oxygens (including phenoxy) is 1. The number of methoxy groups -OCH3 is 1. The van der Waals surface area contributed by atoms with Gasteiger partial charge in [-0.2, -0.15) is 0 Å². The summed E-state index contributed by atoms with van der Waals surface area (Å²) >= 11 is 0. The van der Waals surface area contributed by atoms with E-state index in [1.54, 1.807) is 7.11 Å². The first kappa shape index (κ1) is 14.2. The Balaban J connectivity index is 1.86. The third kappa shape index (κ3) is 2.59. The monoisotopic (exact) mass is 288 g/mol. The number of aryl methyl sites for hydroxylation is 1. The highest BCUT2D eigenvalue weighted by atomic mass is 16.5. The van der Waals surface area contributed by atoms with E-state index in [4.69, 9.17) is 4.74 Å². The van der Waals surface area contributed by atoms with E-state index in [0.717, 1.165) is 30.2 Å². The van der Waals surface area contributed by atoms with Gasteiger partial charge in [0.1, 0.15) is 5.75 Å². The minimum Gasteiger partial charge on any atom is -0.495 e. The highest BCUT2D eigenvalue weighted by Crippen LogP contribution is 2.37. The molecule has 0 aromatic heterocycles. The molecule has 1 heterocycles. The predicted octanol–water partition coefficient (Wildman–Crippen LogP) is 3.93. The van der Waals surface area contributed by atoms with Crippen molar-refractivity contribution in [1.29, 1.82) is 0 Å². The lowest BCUT2D eigenvalue weighted by molar-refractivity contribution is 0.148. The second-order valence-electron chi connectivity index (χ2n) is 6.41. The molecular weight excluding hydrogens is 264 g/mol. The minimum absolute atomic E-state index is 0.0194. The highest BCUT2D eigenvalue weighted by molar-refractivity contribution is 5.94. The van der Waals surface area contributed by atoms with Gasteiger partial charge in [0.25, 0.3) is 0 Å². The first-order valence-corrected chi connectivity index (χ1v) is 7.84. The second-order valence-corrected chi connectivity index (χ2v) is 6.41. The number of hydrogen-bond donors (Lipinski definition) is 1. The third-order valence-electron chi connectivity index (χ3n) is 4.98. The van der Waals surface area contributed by atoms with E-state index in [-0.39, 0.29) is 6.03 Å². The fourth-order valence-electron chi connectivity index (χ4n) is 3.51. The lowest BCUT2D eigenvalue weighted by atomic mass is 9.86. The molecule has 0 unspecified atom stereocenters. The quantitative estimate of drug-likeness (QED) is 0.896. The molecule has 114 valence electrons. The molecule has 0 bridgehead atoms. The first-order valence-electron chi connectivity index (χ1n) is 7.84. The molecule has 21 heavy (non-hydrogen) atoms. The molecule has 1 aliphatic carbocycles. The molecular formula is C17H24N2O2. The largest absolute Gasteiger partial charge is 0.495 e. The number of urea groups is 1. The van der Waals surface area contributed by atoms with E-state index in [2.05, 4.69) is 25.2 Å². The molecule has 0 spiro atoms. The summed E-state index contributed by atoms with van der Waals surface area (Å²) in [5, 5.41) is 3.04. The summed E-state index contributed by atoms with van der Waals surface area (Å²) < 4.78 is 5.38. The smallest absolute Gasteiger partial charge is 0.322 e. The van der Waals surface area contributed by atoms with Crippen molar-refractivity contribution in [3.8, 4) is 5.75 Å². The van der Waals surface area contributed by atoms with Crippen LogP contribution in [0.1, 0.15) is 43.7 Å². The molecule has 2 aliphatic rings. The van der Waals surface area contributed by atoms with Gasteiger partial charge in [-0.3, -0.25) is 0 Å². The summed E-state index contributed by atoms with van der Waals surface area (Å²) in [6.45, 7) is 5.09. The van der Waals surface area contributed by atoms with Crippen LogP contribution in [0.4, 0.5) is 10.5 Å². The SMILES string of the molecule is COc1ccc(C)c2c1NC(=O)N(C1CCC(C)CC1)C2. The standard InChI is InChI=1S/C17H24N2O2/c1-11-4-7-13(8-5-11)19-10-14-12(2)6-9-15(21-3)16(14)18-17(19)20/h6,9,11,13H,4-5,7-8,10H2,1-3H3,(H,18,20). The summed E-state index contributed by atoms with van der Waals surface area (Å²) in [7, 11) is 1.64. The fraction of sp³-hybridized carbons (Fsp3) is 0.588. The van der Waals surface area contributed by atoms with Crippen LogP contribution in [0.3, 0.4) is 0 Å². The van der Waals surface area contributed by atoms with Gasteiger partial charge in [0.05, 0.1) is 19.3 Å². The Morgan fingerprint density at radius 2 is 1.95 bits per heavy atom. The molecule has 4 nitrogen and oxygen atoms in total. The van der Waals surface area contributed by atoms with Crippen LogP contribution in [-0.4, -0.2) is 24.1 Å². The molecule has 1 aromatic rings. The molecule has 0 atom stereocenters. The maximum Gasteiger partial charge on any atom is 0.322 e. The van der Waals surface area contributed by atoms with E-state index >= 15 is 0 Å². The number of carbonyl (C=O) groups is 1. The lowest BCUT2D eigenvalue weighted by Gasteiger charge is -2.39. The van der Waals surface area contributed by atoms with Crippen LogP contribution in [0, 0.1) is 12.8 Å². The van der Waals surface area contributed by atoms with Crippen molar-refractivity contribution >= 4 is 11.7 Å². The van der Waals surface area contributed by atoms with E-state index in [1.165, 1.54) is 24.0 Å². The number of carbonyl (C=O) groups excluding carboxylic acids is 1.